The Morgan fingerprint density at radius 1 is 1.04 bits per heavy atom. The van der Waals surface area contributed by atoms with Crippen molar-refractivity contribution in [3.05, 3.63) is 35.4 Å². The van der Waals surface area contributed by atoms with Crippen LogP contribution in [0.1, 0.15) is 52.7 Å². The van der Waals surface area contributed by atoms with Gasteiger partial charge in [0, 0.05) is 5.54 Å². The molecule has 0 fully saturated rings. The SMILES string of the molecule is C[C@H](NC(=O)OC(C)(C)C)C(=O)NC(C)(C)Cc1ccc(C(F)(F)F)cc1. The fourth-order valence-electron chi connectivity index (χ4n) is 2.36. The van der Waals surface area contributed by atoms with E-state index in [1.54, 1.807) is 34.6 Å². The van der Waals surface area contributed by atoms with E-state index in [1.165, 1.54) is 19.1 Å². The van der Waals surface area contributed by atoms with Crippen LogP contribution in [0.5, 0.6) is 0 Å². The molecule has 0 spiro atoms. The third kappa shape index (κ3) is 8.32. The van der Waals surface area contributed by atoms with Gasteiger partial charge < -0.3 is 15.4 Å². The summed E-state index contributed by atoms with van der Waals surface area (Å²) in [6, 6.07) is 3.98. The molecule has 1 rings (SSSR count). The average Bonchev–Trinajstić information content (AvgIpc) is 2.43. The molecule has 1 aromatic rings. The zero-order chi connectivity index (χ0) is 21.0. The molecule has 0 aliphatic carbocycles. The molecule has 1 atom stereocenters. The van der Waals surface area contributed by atoms with Crippen molar-refractivity contribution in [3.63, 3.8) is 0 Å². The highest BCUT2D eigenvalue weighted by Gasteiger charge is 2.30. The molecular formula is C19H27F3N2O3. The molecule has 2 N–H and O–H groups in total. The van der Waals surface area contributed by atoms with Crippen LogP contribution in [-0.2, 0) is 22.1 Å². The van der Waals surface area contributed by atoms with E-state index in [0.29, 0.717) is 12.0 Å². The maximum atomic E-state index is 12.6. The minimum Gasteiger partial charge on any atom is -0.444 e. The van der Waals surface area contributed by atoms with Crippen molar-refractivity contribution in [2.75, 3.05) is 0 Å². The predicted octanol–water partition coefficient (Wildman–Crippen LogP) is 4.06. The van der Waals surface area contributed by atoms with Gasteiger partial charge in [-0.2, -0.15) is 13.2 Å². The highest BCUT2D eigenvalue weighted by Crippen LogP contribution is 2.29. The Morgan fingerprint density at radius 3 is 2.00 bits per heavy atom. The second-order valence-electron chi connectivity index (χ2n) is 8.11. The first-order valence-corrected chi connectivity index (χ1v) is 8.57. The van der Waals surface area contributed by atoms with Crippen LogP contribution in [0.2, 0.25) is 0 Å². The maximum Gasteiger partial charge on any atom is 0.416 e. The Labute approximate surface area is 157 Å². The summed E-state index contributed by atoms with van der Waals surface area (Å²) in [5.74, 6) is -0.419. The molecule has 0 aliphatic heterocycles. The molecule has 5 nitrogen and oxygen atoms in total. The predicted molar refractivity (Wildman–Crippen MR) is 96.2 cm³/mol. The van der Waals surface area contributed by atoms with Gasteiger partial charge in [-0.25, -0.2) is 4.79 Å². The molecule has 2 amide bonds. The smallest absolute Gasteiger partial charge is 0.416 e. The van der Waals surface area contributed by atoms with Crippen LogP contribution in [0.15, 0.2) is 24.3 Å². The summed E-state index contributed by atoms with van der Waals surface area (Å²) in [7, 11) is 0. The molecule has 0 aromatic heterocycles. The lowest BCUT2D eigenvalue weighted by Gasteiger charge is -2.29. The molecule has 152 valence electrons. The van der Waals surface area contributed by atoms with Gasteiger partial charge in [-0.05, 0) is 65.7 Å². The quantitative estimate of drug-likeness (QED) is 0.800. The summed E-state index contributed by atoms with van der Waals surface area (Å²) in [4.78, 5) is 24.0. The highest BCUT2D eigenvalue weighted by atomic mass is 19.4. The number of amides is 2. The fraction of sp³-hybridized carbons (Fsp3) is 0.579. The number of halogens is 3. The van der Waals surface area contributed by atoms with Crippen LogP contribution in [-0.4, -0.2) is 29.2 Å². The average molecular weight is 388 g/mol. The minimum atomic E-state index is -4.38. The van der Waals surface area contributed by atoms with E-state index in [2.05, 4.69) is 10.6 Å². The largest absolute Gasteiger partial charge is 0.444 e. The summed E-state index contributed by atoms with van der Waals surface area (Å²) < 4.78 is 43.0. The molecule has 0 unspecified atom stereocenters. The standard InChI is InChI=1S/C19H27F3N2O3/c1-12(23-16(26)27-17(2,3)4)15(25)24-18(5,6)11-13-7-9-14(10-8-13)19(20,21)22/h7-10,12H,11H2,1-6H3,(H,23,26)(H,24,25)/t12-/m0/s1. The summed E-state index contributed by atoms with van der Waals surface area (Å²) >= 11 is 0. The number of ether oxygens (including phenoxy) is 1. The van der Waals surface area contributed by atoms with Crippen molar-refractivity contribution in [1.29, 1.82) is 0 Å². The van der Waals surface area contributed by atoms with Crippen LogP contribution >= 0.6 is 0 Å². The monoisotopic (exact) mass is 388 g/mol. The first-order chi connectivity index (χ1) is 12.1. The lowest BCUT2D eigenvalue weighted by atomic mass is 9.94. The normalized spacial score (nSPS) is 13.7. The third-order valence-corrected chi connectivity index (χ3v) is 3.52. The topological polar surface area (TPSA) is 67.4 Å². The van der Waals surface area contributed by atoms with Crippen LogP contribution in [0, 0.1) is 0 Å². The third-order valence-electron chi connectivity index (χ3n) is 3.52. The summed E-state index contributed by atoms with van der Waals surface area (Å²) in [5.41, 5.74) is -1.47. The number of nitrogens with one attached hydrogen (secondary N) is 2. The zero-order valence-electron chi connectivity index (χ0n) is 16.5. The molecule has 0 aliphatic rings. The number of benzene rings is 1. The van der Waals surface area contributed by atoms with E-state index in [9.17, 15) is 22.8 Å². The molecule has 1 aromatic carbocycles. The second kappa shape index (κ2) is 8.19. The van der Waals surface area contributed by atoms with Crippen molar-refractivity contribution >= 4 is 12.0 Å². The first-order valence-electron chi connectivity index (χ1n) is 8.57. The maximum absolute atomic E-state index is 12.6. The molecule has 0 heterocycles. The van der Waals surface area contributed by atoms with Crippen LogP contribution in [0.3, 0.4) is 0 Å². The van der Waals surface area contributed by atoms with Gasteiger partial charge >= 0.3 is 12.3 Å². The van der Waals surface area contributed by atoms with E-state index in [0.717, 1.165) is 12.1 Å². The first kappa shape index (κ1) is 22.8. The Hall–Kier alpha value is -2.25. The van der Waals surface area contributed by atoms with Crippen molar-refractivity contribution in [1.82, 2.24) is 10.6 Å². The Bertz CT molecular complexity index is 662. The van der Waals surface area contributed by atoms with Crippen LogP contribution < -0.4 is 10.6 Å². The van der Waals surface area contributed by atoms with E-state index >= 15 is 0 Å². The lowest BCUT2D eigenvalue weighted by molar-refractivity contribution is -0.137. The van der Waals surface area contributed by atoms with Gasteiger partial charge in [0.15, 0.2) is 0 Å². The number of hydrogen-bond donors (Lipinski definition) is 2. The molecule has 0 bridgehead atoms. The summed E-state index contributed by atoms with van der Waals surface area (Å²) in [6.07, 6.45) is -4.76. The molecule has 0 saturated carbocycles. The van der Waals surface area contributed by atoms with Gasteiger partial charge in [-0.1, -0.05) is 12.1 Å². The second-order valence-corrected chi connectivity index (χ2v) is 8.11. The minimum absolute atomic E-state index is 0.329. The van der Waals surface area contributed by atoms with E-state index < -0.39 is 40.9 Å². The van der Waals surface area contributed by atoms with E-state index in [1.807, 2.05) is 0 Å². The fourth-order valence-corrected chi connectivity index (χ4v) is 2.36. The number of carbonyl (C=O) groups excluding carboxylic acids is 2. The van der Waals surface area contributed by atoms with Crippen molar-refractivity contribution in [2.24, 2.45) is 0 Å². The summed E-state index contributed by atoms with van der Waals surface area (Å²) in [5, 5.41) is 5.23. The summed E-state index contributed by atoms with van der Waals surface area (Å²) in [6.45, 7) is 10.2. The highest BCUT2D eigenvalue weighted by molar-refractivity contribution is 5.85. The number of rotatable bonds is 5. The number of carbonyl (C=O) groups is 2. The van der Waals surface area contributed by atoms with Crippen molar-refractivity contribution in [2.45, 2.75) is 71.3 Å². The lowest BCUT2D eigenvalue weighted by Crippen LogP contribution is -2.53. The number of alkyl halides is 3. The van der Waals surface area contributed by atoms with Gasteiger partial charge in [0.05, 0.1) is 5.56 Å². The molecule has 0 radical (unpaired) electrons. The van der Waals surface area contributed by atoms with E-state index in [-0.39, 0.29) is 0 Å². The molecule has 8 heteroatoms. The molecular weight excluding hydrogens is 361 g/mol. The van der Waals surface area contributed by atoms with Gasteiger partial charge in [-0.15, -0.1) is 0 Å². The van der Waals surface area contributed by atoms with E-state index in [4.69, 9.17) is 4.74 Å². The van der Waals surface area contributed by atoms with Crippen molar-refractivity contribution in [3.8, 4) is 0 Å². The Morgan fingerprint density at radius 2 is 1.56 bits per heavy atom. The van der Waals surface area contributed by atoms with Crippen molar-refractivity contribution < 1.29 is 27.5 Å². The number of hydrogen-bond acceptors (Lipinski definition) is 3. The Balaban J connectivity index is 2.65. The zero-order valence-corrected chi connectivity index (χ0v) is 16.5. The van der Waals surface area contributed by atoms with Gasteiger partial charge in [0.25, 0.3) is 0 Å². The molecule has 0 saturated heterocycles. The Kier molecular flexibility index (Phi) is 6.91. The van der Waals surface area contributed by atoms with Gasteiger partial charge in [0.2, 0.25) is 5.91 Å². The van der Waals surface area contributed by atoms with Crippen LogP contribution in [0.25, 0.3) is 0 Å². The van der Waals surface area contributed by atoms with Crippen LogP contribution in [0.4, 0.5) is 18.0 Å². The number of alkyl carbamates (subject to hydrolysis) is 1. The molecule has 27 heavy (non-hydrogen) atoms. The van der Waals surface area contributed by atoms with Gasteiger partial charge in [-0.3, -0.25) is 4.79 Å². The van der Waals surface area contributed by atoms with Gasteiger partial charge in [0.1, 0.15) is 11.6 Å².